The van der Waals surface area contributed by atoms with Crippen molar-refractivity contribution in [2.75, 3.05) is 5.75 Å². The summed E-state index contributed by atoms with van der Waals surface area (Å²) in [5.41, 5.74) is 2.63. The van der Waals surface area contributed by atoms with Gasteiger partial charge >= 0.3 is 0 Å². The van der Waals surface area contributed by atoms with Crippen LogP contribution in [0.5, 0.6) is 0 Å². The lowest BCUT2D eigenvalue weighted by Crippen LogP contribution is -2.21. The molecule has 0 aliphatic heterocycles. The van der Waals surface area contributed by atoms with Crippen molar-refractivity contribution >= 4 is 22.7 Å². The molecule has 2 aromatic carbocycles. The first kappa shape index (κ1) is 16.3. The number of thioether (sulfide) groups is 1. The zero-order valence-corrected chi connectivity index (χ0v) is 14.2. The van der Waals surface area contributed by atoms with Crippen LogP contribution in [-0.2, 0) is 6.42 Å². The van der Waals surface area contributed by atoms with Gasteiger partial charge in [0.25, 0.3) is 5.56 Å². The summed E-state index contributed by atoms with van der Waals surface area (Å²) >= 11 is 1.43. The molecule has 0 bridgehead atoms. The second kappa shape index (κ2) is 7.33. The summed E-state index contributed by atoms with van der Waals surface area (Å²) in [6, 6.07) is 17.4. The minimum absolute atomic E-state index is 0.0793. The van der Waals surface area contributed by atoms with E-state index in [0.717, 1.165) is 12.1 Å². The summed E-state index contributed by atoms with van der Waals surface area (Å²) in [6.45, 7) is 2.10. The molecule has 0 fully saturated rings. The Kier molecular flexibility index (Phi) is 4.97. The maximum absolute atomic E-state index is 13.0. The van der Waals surface area contributed by atoms with Crippen molar-refractivity contribution in [1.29, 1.82) is 5.26 Å². The number of hydrogen-bond acceptors (Lipinski definition) is 4. The van der Waals surface area contributed by atoms with Gasteiger partial charge < -0.3 is 0 Å². The number of benzene rings is 2. The SMILES string of the molecule is CCc1ccc(-n2c(SCCC#N)nc3ccccc3c2=O)cc1. The van der Waals surface area contributed by atoms with E-state index >= 15 is 0 Å². The number of aromatic nitrogens is 2. The minimum atomic E-state index is -0.0793. The Hall–Kier alpha value is -2.58. The smallest absolute Gasteiger partial charge is 0.266 e. The van der Waals surface area contributed by atoms with Crippen molar-refractivity contribution in [2.24, 2.45) is 0 Å². The molecule has 0 saturated carbocycles. The van der Waals surface area contributed by atoms with Crippen LogP contribution in [0.3, 0.4) is 0 Å². The Morgan fingerprint density at radius 1 is 1.17 bits per heavy atom. The summed E-state index contributed by atoms with van der Waals surface area (Å²) in [4.78, 5) is 17.6. The first-order chi connectivity index (χ1) is 11.7. The summed E-state index contributed by atoms with van der Waals surface area (Å²) in [6.07, 6.45) is 1.37. The standard InChI is InChI=1S/C19H17N3OS/c1-2-14-8-10-15(11-9-14)22-18(23)16-6-3-4-7-17(16)21-19(22)24-13-5-12-20/h3-4,6-11H,2,5,13H2,1H3. The first-order valence-electron chi connectivity index (χ1n) is 7.85. The Morgan fingerprint density at radius 3 is 2.62 bits per heavy atom. The van der Waals surface area contributed by atoms with E-state index < -0.39 is 0 Å². The summed E-state index contributed by atoms with van der Waals surface area (Å²) in [5, 5.41) is 9.98. The van der Waals surface area contributed by atoms with Crippen LogP contribution in [0.1, 0.15) is 18.9 Å². The number of aryl methyl sites for hydroxylation is 1. The molecule has 0 radical (unpaired) electrons. The van der Waals surface area contributed by atoms with Gasteiger partial charge in [0.15, 0.2) is 5.16 Å². The maximum atomic E-state index is 13.0. The number of nitrogens with zero attached hydrogens (tertiary/aromatic N) is 3. The van der Waals surface area contributed by atoms with Crippen LogP contribution in [-0.4, -0.2) is 15.3 Å². The van der Waals surface area contributed by atoms with Crippen LogP contribution < -0.4 is 5.56 Å². The molecule has 0 aliphatic carbocycles. The molecule has 0 aliphatic rings. The van der Waals surface area contributed by atoms with Crippen LogP contribution in [0.4, 0.5) is 0 Å². The lowest BCUT2D eigenvalue weighted by Gasteiger charge is -2.13. The van der Waals surface area contributed by atoms with Crippen molar-refractivity contribution in [1.82, 2.24) is 9.55 Å². The largest absolute Gasteiger partial charge is 0.268 e. The van der Waals surface area contributed by atoms with Crippen LogP contribution in [0.15, 0.2) is 58.5 Å². The van der Waals surface area contributed by atoms with Gasteiger partial charge in [-0.2, -0.15) is 5.26 Å². The number of rotatable bonds is 5. The molecular formula is C19H17N3OS. The van der Waals surface area contributed by atoms with Gasteiger partial charge in [-0.05, 0) is 36.2 Å². The zero-order chi connectivity index (χ0) is 16.9. The quantitative estimate of drug-likeness (QED) is 0.402. The van der Waals surface area contributed by atoms with Crippen molar-refractivity contribution < 1.29 is 0 Å². The molecule has 120 valence electrons. The van der Waals surface area contributed by atoms with E-state index in [1.165, 1.54) is 17.3 Å². The Bertz CT molecular complexity index is 955. The van der Waals surface area contributed by atoms with E-state index in [2.05, 4.69) is 18.0 Å². The van der Waals surface area contributed by atoms with Crippen molar-refractivity contribution in [3.63, 3.8) is 0 Å². The molecule has 0 unspecified atom stereocenters. The second-order valence-corrected chi connectivity index (χ2v) is 6.39. The molecule has 0 amide bonds. The predicted octanol–water partition coefficient (Wildman–Crippen LogP) is 3.95. The topological polar surface area (TPSA) is 58.7 Å². The van der Waals surface area contributed by atoms with Gasteiger partial charge in [-0.3, -0.25) is 9.36 Å². The molecule has 5 heteroatoms. The van der Waals surface area contributed by atoms with E-state index in [1.807, 2.05) is 42.5 Å². The Morgan fingerprint density at radius 2 is 1.92 bits per heavy atom. The average molecular weight is 335 g/mol. The third kappa shape index (κ3) is 3.19. The van der Waals surface area contributed by atoms with Crippen LogP contribution in [0, 0.1) is 11.3 Å². The summed E-state index contributed by atoms with van der Waals surface area (Å²) < 4.78 is 1.64. The van der Waals surface area contributed by atoms with E-state index in [1.54, 1.807) is 10.6 Å². The van der Waals surface area contributed by atoms with Gasteiger partial charge in [0, 0.05) is 12.2 Å². The van der Waals surface area contributed by atoms with Gasteiger partial charge in [-0.1, -0.05) is 43.0 Å². The Labute approximate surface area is 144 Å². The lowest BCUT2D eigenvalue weighted by atomic mass is 10.1. The van der Waals surface area contributed by atoms with Gasteiger partial charge in [0.05, 0.1) is 22.7 Å². The highest BCUT2D eigenvalue weighted by Gasteiger charge is 2.13. The fourth-order valence-corrected chi connectivity index (χ4v) is 3.36. The van der Waals surface area contributed by atoms with Crippen LogP contribution in [0.25, 0.3) is 16.6 Å². The third-order valence-electron chi connectivity index (χ3n) is 3.79. The fourth-order valence-electron chi connectivity index (χ4n) is 2.51. The van der Waals surface area contributed by atoms with Gasteiger partial charge in [0.2, 0.25) is 0 Å². The number of fused-ring (bicyclic) bond motifs is 1. The van der Waals surface area contributed by atoms with Gasteiger partial charge in [-0.25, -0.2) is 4.98 Å². The fraction of sp³-hybridized carbons (Fsp3) is 0.211. The highest BCUT2D eigenvalue weighted by molar-refractivity contribution is 7.99. The van der Waals surface area contributed by atoms with E-state index in [0.29, 0.717) is 28.2 Å². The predicted molar refractivity (Wildman–Crippen MR) is 97.7 cm³/mol. The molecule has 3 aromatic rings. The van der Waals surface area contributed by atoms with Crippen LogP contribution >= 0.6 is 11.8 Å². The molecule has 0 atom stereocenters. The van der Waals surface area contributed by atoms with E-state index in [-0.39, 0.29) is 5.56 Å². The van der Waals surface area contributed by atoms with Crippen molar-refractivity contribution in [3.8, 4) is 11.8 Å². The molecule has 4 nitrogen and oxygen atoms in total. The van der Waals surface area contributed by atoms with E-state index in [9.17, 15) is 4.79 Å². The average Bonchev–Trinajstić information content (AvgIpc) is 2.62. The molecule has 0 saturated heterocycles. The zero-order valence-electron chi connectivity index (χ0n) is 13.4. The minimum Gasteiger partial charge on any atom is -0.268 e. The van der Waals surface area contributed by atoms with Crippen LogP contribution in [0.2, 0.25) is 0 Å². The second-order valence-electron chi connectivity index (χ2n) is 5.33. The summed E-state index contributed by atoms with van der Waals surface area (Å²) in [7, 11) is 0. The number of hydrogen-bond donors (Lipinski definition) is 0. The highest BCUT2D eigenvalue weighted by Crippen LogP contribution is 2.22. The highest BCUT2D eigenvalue weighted by atomic mass is 32.2. The molecular weight excluding hydrogens is 318 g/mol. The molecule has 24 heavy (non-hydrogen) atoms. The van der Waals surface area contributed by atoms with Crippen molar-refractivity contribution in [3.05, 3.63) is 64.4 Å². The third-order valence-corrected chi connectivity index (χ3v) is 4.73. The van der Waals surface area contributed by atoms with E-state index in [4.69, 9.17) is 5.26 Å². The lowest BCUT2D eigenvalue weighted by molar-refractivity contribution is 0.819. The maximum Gasteiger partial charge on any atom is 0.266 e. The molecule has 0 N–H and O–H groups in total. The molecule has 1 aromatic heterocycles. The molecule has 0 spiro atoms. The molecule has 3 rings (SSSR count). The van der Waals surface area contributed by atoms with Gasteiger partial charge in [-0.15, -0.1) is 0 Å². The number of nitriles is 1. The monoisotopic (exact) mass is 335 g/mol. The van der Waals surface area contributed by atoms with Crippen molar-refractivity contribution in [2.45, 2.75) is 24.9 Å². The number of para-hydroxylation sites is 1. The first-order valence-corrected chi connectivity index (χ1v) is 8.84. The molecule has 1 heterocycles. The Balaban J connectivity index is 2.18. The normalized spacial score (nSPS) is 10.7. The summed E-state index contributed by atoms with van der Waals surface area (Å²) in [5.74, 6) is 0.605. The van der Waals surface area contributed by atoms with Gasteiger partial charge in [0.1, 0.15) is 0 Å².